The fourth-order valence-corrected chi connectivity index (χ4v) is 8.09. The van der Waals surface area contributed by atoms with Gasteiger partial charge in [0.05, 0.1) is 48.2 Å². The number of benzene rings is 5. The summed E-state index contributed by atoms with van der Waals surface area (Å²) < 4.78 is 39.9. The van der Waals surface area contributed by atoms with E-state index in [-0.39, 0.29) is 12.4 Å². The lowest BCUT2D eigenvalue weighted by molar-refractivity contribution is -0.275. The first-order chi connectivity index (χ1) is 25.3. The minimum Gasteiger partial charge on any atom is -0.508 e. The van der Waals surface area contributed by atoms with Crippen LogP contribution >= 0.6 is 0 Å². The molecule has 52 heavy (non-hydrogen) atoms. The summed E-state index contributed by atoms with van der Waals surface area (Å²) in [6, 6.07) is 44.0. The summed E-state index contributed by atoms with van der Waals surface area (Å²) >= 11 is 0. The molecule has 1 aliphatic heterocycles. The highest BCUT2D eigenvalue weighted by molar-refractivity contribution is 6.89. The second-order valence-corrected chi connectivity index (χ2v) is 19.3. The van der Waals surface area contributed by atoms with Gasteiger partial charge in [-0.15, -0.1) is 0 Å². The van der Waals surface area contributed by atoms with Crippen molar-refractivity contribution in [3.8, 4) is 11.5 Å². The number of ether oxygens (including phenoxy) is 6. The quantitative estimate of drug-likeness (QED) is 0.103. The highest BCUT2D eigenvalue weighted by Gasteiger charge is 2.50. The molecular formula is C44H50O7Si. The molecule has 0 aliphatic carbocycles. The first-order valence-electron chi connectivity index (χ1n) is 17.9. The number of methoxy groups -OCH3 is 1. The van der Waals surface area contributed by atoms with Crippen LogP contribution in [0.15, 0.2) is 133 Å². The average Bonchev–Trinajstić information content (AvgIpc) is 3.17. The minimum atomic E-state index is -1.88. The van der Waals surface area contributed by atoms with Crippen LogP contribution < -0.4 is 9.92 Å². The molecule has 0 saturated carbocycles. The third kappa shape index (κ3) is 9.77. The summed E-state index contributed by atoms with van der Waals surface area (Å²) in [6.07, 6.45) is -3.18. The number of hydrogen-bond donors (Lipinski definition) is 1. The molecule has 6 rings (SSSR count). The summed E-state index contributed by atoms with van der Waals surface area (Å²) in [5, 5.41) is 12.8. The molecule has 5 aromatic rings. The van der Waals surface area contributed by atoms with Gasteiger partial charge in [0.25, 0.3) is 0 Å². The maximum Gasteiger partial charge on any atom is 0.121 e. The monoisotopic (exact) mass is 718 g/mol. The van der Waals surface area contributed by atoms with Gasteiger partial charge in [0.15, 0.2) is 0 Å². The maximum atomic E-state index is 11.8. The molecule has 1 saturated heterocycles. The second kappa shape index (κ2) is 18.0. The van der Waals surface area contributed by atoms with Crippen molar-refractivity contribution in [2.24, 2.45) is 0 Å². The van der Waals surface area contributed by atoms with Gasteiger partial charge >= 0.3 is 0 Å². The predicted molar refractivity (Wildman–Crippen MR) is 206 cm³/mol. The van der Waals surface area contributed by atoms with Gasteiger partial charge in [-0.2, -0.15) is 0 Å². The summed E-state index contributed by atoms with van der Waals surface area (Å²) in [7, 11) is -0.211. The number of phenolic OH excluding ortho intramolecular Hbond substituents is 1. The molecule has 1 fully saturated rings. The third-order valence-corrected chi connectivity index (χ3v) is 11.4. The van der Waals surface area contributed by atoms with Crippen molar-refractivity contribution >= 4 is 13.3 Å². The van der Waals surface area contributed by atoms with E-state index in [1.807, 2.05) is 133 Å². The highest BCUT2D eigenvalue weighted by atomic mass is 28.3. The highest BCUT2D eigenvalue weighted by Crippen LogP contribution is 2.42. The molecule has 0 radical (unpaired) electrons. The summed E-state index contributed by atoms with van der Waals surface area (Å²) in [5.74, 6) is 0.851. The lowest BCUT2D eigenvalue weighted by Gasteiger charge is -2.46. The zero-order valence-electron chi connectivity index (χ0n) is 30.5. The Morgan fingerprint density at radius 2 is 1.02 bits per heavy atom. The molecule has 5 aromatic carbocycles. The van der Waals surface area contributed by atoms with E-state index in [9.17, 15) is 5.11 Å². The zero-order valence-corrected chi connectivity index (χ0v) is 31.5. The van der Waals surface area contributed by atoms with Crippen LogP contribution in [0.25, 0.3) is 0 Å². The Hall–Kier alpha value is -4.28. The van der Waals surface area contributed by atoms with E-state index in [2.05, 4.69) is 19.6 Å². The molecule has 8 heteroatoms. The van der Waals surface area contributed by atoms with Gasteiger partial charge in [-0.05, 0) is 39.6 Å². The molecule has 0 unspecified atom stereocenters. The molecule has 1 heterocycles. The molecule has 1 aliphatic rings. The fraction of sp³-hybridized carbons (Fsp3) is 0.318. The number of rotatable bonds is 16. The van der Waals surface area contributed by atoms with Crippen LogP contribution in [-0.2, 0) is 50.1 Å². The molecule has 7 nitrogen and oxygen atoms in total. The number of hydrogen-bond acceptors (Lipinski definition) is 7. The van der Waals surface area contributed by atoms with Gasteiger partial charge in [-0.3, -0.25) is 0 Å². The number of phenols is 1. The van der Waals surface area contributed by atoms with Crippen LogP contribution in [-0.4, -0.2) is 51.3 Å². The molecule has 0 spiro atoms. The van der Waals surface area contributed by atoms with Gasteiger partial charge < -0.3 is 33.5 Å². The van der Waals surface area contributed by atoms with Crippen LogP contribution in [0, 0.1) is 0 Å². The van der Waals surface area contributed by atoms with E-state index in [1.165, 1.54) is 0 Å². The van der Waals surface area contributed by atoms with Crippen LogP contribution in [0.1, 0.15) is 33.9 Å². The Morgan fingerprint density at radius 3 is 1.48 bits per heavy atom. The molecule has 5 atom stereocenters. The normalized spacial score (nSPS) is 20.4. The van der Waals surface area contributed by atoms with Gasteiger partial charge in [-0.1, -0.05) is 141 Å². The van der Waals surface area contributed by atoms with E-state index < -0.39 is 38.6 Å². The van der Waals surface area contributed by atoms with Crippen molar-refractivity contribution in [1.82, 2.24) is 0 Å². The summed E-state index contributed by atoms with van der Waals surface area (Å²) in [5.41, 5.74) is 4.69. The Labute approximate surface area is 309 Å². The first-order valence-corrected chi connectivity index (χ1v) is 21.4. The first kappa shape index (κ1) is 37.5. The van der Waals surface area contributed by atoms with Crippen LogP contribution in [0.4, 0.5) is 0 Å². The van der Waals surface area contributed by atoms with Crippen molar-refractivity contribution in [3.05, 3.63) is 161 Å². The summed E-state index contributed by atoms with van der Waals surface area (Å²) in [4.78, 5) is 0. The standard InChI is InChI=1S/C44H50O7Si/c1-46-38-25-36(37(45)26-40(38)52(2,3)4)41-43(49-29-34-21-13-7-14-22-34)44(50-30-35-23-15-8-16-24-35)42(48-28-33-19-11-6-12-20-33)39(51-41)31-47-27-32-17-9-5-10-18-32/h5-26,39,41-45H,27-31H2,1-4H3/t39-,41+,42-,43+,44+/m1/s1. The smallest absolute Gasteiger partial charge is 0.121 e. The van der Waals surface area contributed by atoms with Crippen molar-refractivity contribution in [3.63, 3.8) is 0 Å². The third-order valence-electron chi connectivity index (χ3n) is 9.35. The lowest BCUT2D eigenvalue weighted by atomic mass is 9.89. The van der Waals surface area contributed by atoms with E-state index in [1.54, 1.807) is 7.11 Å². The largest absolute Gasteiger partial charge is 0.508 e. The van der Waals surface area contributed by atoms with Crippen molar-refractivity contribution in [2.75, 3.05) is 13.7 Å². The van der Waals surface area contributed by atoms with Crippen molar-refractivity contribution in [2.45, 2.75) is 76.6 Å². The molecule has 0 aromatic heterocycles. The molecule has 1 N–H and O–H groups in total. The predicted octanol–water partition coefficient (Wildman–Crippen LogP) is 8.36. The zero-order chi connectivity index (χ0) is 36.3. The molecular weight excluding hydrogens is 669 g/mol. The maximum absolute atomic E-state index is 11.8. The lowest BCUT2D eigenvalue weighted by Crippen LogP contribution is -2.58. The Bertz CT molecular complexity index is 1800. The van der Waals surface area contributed by atoms with Crippen molar-refractivity contribution < 1.29 is 33.5 Å². The molecule has 272 valence electrons. The van der Waals surface area contributed by atoms with E-state index in [0.29, 0.717) is 32.0 Å². The van der Waals surface area contributed by atoms with Gasteiger partial charge in [0, 0.05) is 5.56 Å². The van der Waals surface area contributed by atoms with Crippen molar-refractivity contribution in [1.29, 1.82) is 0 Å². The van der Waals surface area contributed by atoms with Crippen LogP contribution in [0.5, 0.6) is 11.5 Å². The van der Waals surface area contributed by atoms with E-state index in [0.717, 1.165) is 33.2 Å². The number of aromatic hydroxyl groups is 1. The fourth-order valence-electron chi connectivity index (χ4n) is 6.61. The Kier molecular flexibility index (Phi) is 12.9. The van der Waals surface area contributed by atoms with Gasteiger partial charge in [-0.25, -0.2) is 0 Å². The molecule has 0 amide bonds. The second-order valence-electron chi connectivity index (χ2n) is 14.2. The Morgan fingerprint density at radius 1 is 0.577 bits per heavy atom. The van der Waals surface area contributed by atoms with E-state index >= 15 is 0 Å². The Balaban J connectivity index is 1.42. The SMILES string of the molecule is COc1cc([C@@H]2O[C@H](COCc3ccccc3)[C@@H](OCc3ccccc3)[C@H](OCc3ccccc3)[C@H]2OCc2ccccc2)c(O)cc1[Si](C)(C)C. The minimum absolute atomic E-state index is 0.131. The topological polar surface area (TPSA) is 75.6 Å². The van der Waals surface area contributed by atoms with Gasteiger partial charge in [0.1, 0.15) is 42.0 Å². The van der Waals surface area contributed by atoms with Crippen LogP contribution in [0.2, 0.25) is 19.6 Å². The van der Waals surface area contributed by atoms with E-state index in [4.69, 9.17) is 28.4 Å². The average molecular weight is 719 g/mol. The molecule has 0 bridgehead atoms. The summed E-state index contributed by atoms with van der Waals surface area (Å²) in [6.45, 7) is 8.31. The van der Waals surface area contributed by atoms with Crippen LogP contribution in [0.3, 0.4) is 0 Å². The van der Waals surface area contributed by atoms with Gasteiger partial charge in [0.2, 0.25) is 0 Å².